The van der Waals surface area contributed by atoms with Gasteiger partial charge in [-0.25, -0.2) is 0 Å². The standard InChI is InChI=1S/C23H28N2O4/c1-14-8-7-9-15(10-14)23(2,3)13-24-22(26)17-11-16-18(27-4)12-19(28-5)21(29-6)20(16)25-17/h7-12,25H,13H2,1-6H3,(H,24,26). The number of aromatic amines is 1. The van der Waals surface area contributed by atoms with Crippen LogP contribution in [0.1, 0.15) is 35.5 Å². The molecule has 0 unspecified atom stereocenters. The van der Waals surface area contributed by atoms with Gasteiger partial charge >= 0.3 is 0 Å². The van der Waals surface area contributed by atoms with E-state index in [-0.39, 0.29) is 11.3 Å². The Bertz CT molecular complexity index is 1040. The average molecular weight is 396 g/mol. The Kier molecular flexibility index (Phi) is 5.73. The fourth-order valence-electron chi connectivity index (χ4n) is 3.42. The van der Waals surface area contributed by atoms with E-state index in [1.807, 2.05) is 6.07 Å². The van der Waals surface area contributed by atoms with Crippen molar-refractivity contribution < 1.29 is 19.0 Å². The first-order valence-electron chi connectivity index (χ1n) is 9.47. The van der Waals surface area contributed by atoms with Gasteiger partial charge in [0.2, 0.25) is 0 Å². The number of hydrogen-bond donors (Lipinski definition) is 2. The van der Waals surface area contributed by atoms with Crippen LogP contribution in [-0.4, -0.2) is 38.8 Å². The van der Waals surface area contributed by atoms with Gasteiger partial charge in [0.15, 0.2) is 11.5 Å². The summed E-state index contributed by atoms with van der Waals surface area (Å²) in [6.07, 6.45) is 0. The number of fused-ring (bicyclic) bond motifs is 1. The number of methoxy groups -OCH3 is 3. The van der Waals surface area contributed by atoms with Crippen molar-refractivity contribution in [3.05, 3.63) is 53.2 Å². The zero-order chi connectivity index (χ0) is 21.2. The number of hydrogen-bond acceptors (Lipinski definition) is 4. The molecule has 0 saturated heterocycles. The number of rotatable bonds is 7. The highest BCUT2D eigenvalue weighted by molar-refractivity contribution is 6.02. The Morgan fingerprint density at radius 2 is 1.76 bits per heavy atom. The van der Waals surface area contributed by atoms with Gasteiger partial charge < -0.3 is 24.5 Å². The minimum atomic E-state index is -0.202. The van der Waals surface area contributed by atoms with E-state index >= 15 is 0 Å². The quantitative estimate of drug-likeness (QED) is 0.627. The maximum atomic E-state index is 12.9. The molecule has 1 amide bonds. The number of carbonyl (C=O) groups excluding carboxylic acids is 1. The van der Waals surface area contributed by atoms with Crippen LogP contribution in [-0.2, 0) is 5.41 Å². The summed E-state index contributed by atoms with van der Waals surface area (Å²) in [5.41, 5.74) is 3.27. The van der Waals surface area contributed by atoms with Crippen LogP contribution in [0.5, 0.6) is 17.2 Å². The molecular weight excluding hydrogens is 368 g/mol. The van der Waals surface area contributed by atoms with Gasteiger partial charge in [0.05, 0.1) is 26.8 Å². The number of H-pyrrole nitrogens is 1. The molecule has 0 aliphatic rings. The monoisotopic (exact) mass is 396 g/mol. The second-order valence-corrected chi connectivity index (χ2v) is 7.72. The number of amides is 1. The number of aromatic nitrogens is 1. The van der Waals surface area contributed by atoms with Gasteiger partial charge in [-0.3, -0.25) is 4.79 Å². The van der Waals surface area contributed by atoms with Crippen molar-refractivity contribution in [1.29, 1.82) is 0 Å². The van der Waals surface area contributed by atoms with Gasteiger partial charge in [0.25, 0.3) is 5.91 Å². The van der Waals surface area contributed by atoms with E-state index in [1.165, 1.54) is 11.1 Å². The van der Waals surface area contributed by atoms with Crippen molar-refractivity contribution in [2.75, 3.05) is 27.9 Å². The summed E-state index contributed by atoms with van der Waals surface area (Å²) in [6.45, 7) is 6.80. The van der Waals surface area contributed by atoms with E-state index in [1.54, 1.807) is 33.5 Å². The van der Waals surface area contributed by atoms with Crippen LogP contribution in [0.3, 0.4) is 0 Å². The SMILES string of the molecule is COc1cc(OC)c2cc(C(=O)NCC(C)(C)c3cccc(C)c3)[nH]c2c1OC. The van der Waals surface area contributed by atoms with Gasteiger partial charge in [-0.2, -0.15) is 0 Å². The molecule has 2 aromatic carbocycles. The van der Waals surface area contributed by atoms with Crippen molar-refractivity contribution in [3.63, 3.8) is 0 Å². The molecule has 0 fully saturated rings. The number of carbonyl (C=O) groups is 1. The van der Waals surface area contributed by atoms with Crippen molar-refractivity contribution >= 4 is 16.8 Å². The molecule has 0 spiro atoms. The van der Waals surface area contributed by atoms with Gasteiger partial charge in [-0.15, -0.1) is 0 Å². The highest BCUT2D eigenvalue weighted by atomic mass is 16.5. The summed E-state index contributed by atoms with van der Waals surface area (Å²) in [7, 11) is 4.71. The summed E-state index contributed by atoms with van der Waals surface area (Å²) in [5, 5.41) is 3.80. The first kappa shape index (κ1) is 20.6. The predicted molar refractivity (Wildman–Crippen MR) is 114 cm³/mol. The maximum absolute atomic E-state index is 12.9. The summed E-state index contributed by atoms with van der Waals surface area (Å²) >= 11 is 0. The fraction of sp³-hybridized carbons (Fsp3) is 0.348. The van der Waals surface area contributed by atoms with E-state index < -0.39 is 0 Å². The normalized spacial score (nSPS) is 11.4. The average Bonchev–Trinajstić information content (AvgIpc) is 3.16. The molecule has 0 radical (unpaired) electrons. The molecule has 1 heterocycles. The van der Waals surface area contributed by atoms with E-state index in [0.29, 0.717) is 35.0 Å². The molecule has 6 heteroatoms. The topological polar surface area (TPSA) is 72.6 Å². The predicted octanol–water partition coefficient (Wildman–Crippen LogP) is 4.21. The van der Waals surface area contributed by atoms with E-state index in [0.717, 1.165) is 5.39 Å². The van der Waals surface area contributed by atoms with Gasteiger partial charge in [0, 0.05) is 23.4 Å². The Morgan fingerprint density at radius 1 is 1.03 bits per heavy atom. The summed E-state index contributed by atoms with van der Waals surface area (Å²) in [5.74, 6) is 1.48. The Balaban J connectivity index is 1.88. The molecule has 0 bridgehead atoms. The van der Waals surface area contributed by atoms with E-state index in [4.69, 9.17) is 14.2 Å². The van der Waals surface area contributed by atoms with Crippen LogP contribution in [0, 0.1) is 6.92 Å². The van der Waals surface area contributed by atoms with E-state index in [9.17, 15) is 4.79 Å². The largest absolute Gasteiger partial charge is 0.496 e. The second kappa shape index (κ2) is 8.07. The number of aryl methyl sites for hydroxylation is 1. The van der Waals surface area contributed by atoms with Crippen molar-refractivity contribution in [2.45, 2.75) is 26.2 Å². The first-order chi connectivity index (χ1) is 13.8. The molecule has 29 heavy (non-hydrogen) atoms. The number of ether oxygens (including phenoxy) is 3. The van der Waals surface area contributed by atoms with Gasteiger partial charge in [-0.05, 0) is 18.6 Å². The molecule has 1 aromatic heterocycles. The minimum Gasteiger partial charge on any atom is -0.496 e. The maximum Gasteiger partial charge on any atom is 0.267 e. The van der Waals surface area contributed by atoms with Gasteiger partial charge in [0.1, 0.15) is 11.4 Å². The van der Waals surface area contributed by atoms with Crippen LogP contribution < -0.4 is 19.5 Å². The Morgan fingerprint density at radius 3 is 2.38 bits per heavy atom. The molecule has 154 valence electrons. The summed E-state index contributed by atoms with van der Waals surface area (Å²) in [6, 6.07) is 11.9. The third-order valence-corrected chi connectivity index (χ3v) is 5.18. The smallest absolute Gasteiger partial charge is 0.267 e. The molecular formula is C23H28N2O4. The van der Waals surface area contributed by atoms with Crippen LogP contribution in [0.15, 0.2) is 36.4 Å². The molecule has 3 rings (SSSR count). The first-order valence-corrected chi connectivity index (χ1v) is 9.47. The van der Waals surface area contributed by atoms with Crippen molar-refractivity contribution in [2.24, 2.45) is 0 Å². The third kappa shape index (κ3) is 4.01. The molecule has 3 aromatic rings. The number of benzene rings is 2. The zero-order valence-corrected chi connectivity index (χ0v) is 17.8. The van der Waals surface area contributed by atoms with Crippen molar-refractivity contribution in [3.8, 4) is 17.2 Å². The molecule has 0 atom stereocenters. The van der Waals surface area contributed by atoms with Gasteiger partial charge in [-0.1, -0.05) is 43.7 Å². The summed E-state index contributed by atoms with van der Waals surface area (Å²) < 4.78 is 16.3. The van der Waals surface area contributed by atoms with Crippen molar-refractivity contribution in [1.82, 2.24) is 10.3 Å². The lowest BCUT2D eigenvalue weighted by molar-refractivity contribution is 0.0941. The highest BCUT2D eigenvalue weighted by Gasteiger charge is 2.24. The minimum absolute atomic E-state index is 0.190. The van der Waals surface area contributed by atoms with Crippen LogP contribution >= 0.6 is 0 Å². The fourth-order valence-corrected chi connectivity index (χ4v) is 3.42. The lowest BCUT2D eigenvalue weighted by Crippen LogP contribution is -2.36. The van der Waals surface area contributed by atoms with Crippen LogP contribution in [0.25, 0.3) is 10.9 Å². The van der Waals surface area contributed by atoms with E-state index in [2.05, 4.69) is 49.3 Å². The van der Waals surface area contributed by atoms with Crippen LogP contribution in [0.2, 0.25) is 0 Å². The Labute approximate surface area is 171 Å². The summed E-state index contributed by atoms with van der Waals surface area (Å²) in [4.78, 5) is 16.0. The Hall–Kier alpha value is -3.15. The number of nitrogens with one attached hydrogen (secondary N) is 2. The molecule has 0 aliphatic heterocycles. The zero-order valence-electron chi connectivity index (χ0n) is 17.8. The lowest BCUT2D eigenvalue weighted by Gasteiger charge is -2.26. The third-order valence-electron chi connectivity index (χ3n) is 5.18. The van der Waals surface area contributed by atoms with Crippen LogP contribution in [0.4, 0.5) is 0 Å². The molecule has 0 aliphatic carbocycles. The molecule has 0 saturated carbocycles. The molecule has 6 nitrogen and oxygen atoms in total. The lowest BCUT2D eigenvalue weighted by atomic mass is 9.84. The second-order valence-electron chi connectivity index (χ2n) is 7.72. The highest BCUT2D eigenvalue weighted by Crippen LogP contribution is 2.41. The molecule has 2 N–H and O–H groups in total.